The summed E-state index contributed by atoms with van der Waals surface area (Å²) in [6.45, 7) is 3.47. The maximum absolute atomic E-state index is 3.71. The van der Waals surface area contributed by atoms with Crippen LogP contribution in [0.1, 0.15) is 44.6 Å². The number of rotatable bonds is 8. The second kappa shape index (κ2) is 6.80. The maximum Gasteiger partial charge on any atom is 0.00670 e. The third-order valence-corrected chi connectivity index (χ3v) is 3.73. The Bertz CT molecular complexity index is 303. The summed E-state index contributed by atoms with van der Waals surface area (Å²) < 4.78 is 0. The third-order valence-electron chi connectivity index (χ3n) is 3.73. The molecule has 1 saturated carbocycles. The molecule has 0 aliphatic heterocycles. The van der Waals surface area contributed by atoms with E-state index < -0.39 is 0 Å². The van der Waals surface area contributed by atoms with E-state index in [2.05, 4.69) is 42.6 Å². The van der Waals surface area contributed by atoms with Crippen LogP contribution in [0.15, 0.2) is 30.3 Å². The molecular weight excluding hydrogens is 206 g/mol. The molecule has 0 bridgehead atoms. The van der Waals surface area contributed by atoms with E-state index in [1.807, 2.05) is 0 Å². The van der Waals surface area contributed by atoms with E-state index in [4.69, 9.17) is 0 Å². The monoisotopic (exact) mass is 231 g/mol. The summed E-state index contributed by atoms with van der Waals surface area (Å²) in [6, 6.07) is 11.6. The zero-order valence-corrected chi connectivity index (χ0v) is 11.0. The molecule has 1 aliphatic rings. The quantitative estimate of drug-likeness (QED) is 0.671. The van der Waals surface area contributed by atoms with E-state index >= 15 is 0 Å². The van der Waals surface area contributed by atoms with Gasteiger partial charge in [-0.3, -0.25) is 0 Å². The highest BCUT2D eigenvalue weighted by Crippen LogP contribution is 2.33. The molecule has 1 unspecified atom stereocenters. The fourth-order valence-electron chi connectivity index (χ4n) is 2.39. The average Bonchev–Trinajstić information content (AvgIpc) is 3.18. The minimum Gasteiger partial charge on any atom is -0.314 e. The van der Waals surface area contributed by atoms with Crippen LogP contribution >= 0.6 is 0 Å². The van der Waals surface area contributed by atoms with E-state index in [0.717, 1.165) is 12.0 Å². The van der Waals surface area contributed by atoms with Crippen molar-refractivity contribution in [2.75, 3.05) is 6.54 Å². The second-order valence-electron chi connectivity index (χ2n) is 5.33. The molecule has 0 saturated heterocycles. The van der Waals surface area contributed by atoms with Crippen molar-refractivity contribution in [3.8, 4) is 0 Å². The molecule has 1 aromatic rings. The molecule has 1 N–H and O–H groups in total. The van der Waals surface area contributed by atoms with Gasteiger partial charge in [0.05, 0.1) is 0 Å². The van der Waals surface area contributed by atoms with Gasteiger partial charge in [-0.2, -0.15) is 0 Å². The minimum atomic E-state index is 0.762. The van der Waals surface area contributed by atoms with E-state index in [0.29, 0.717) is 0 Å². The van der Waals surface area contributed by atoms with Gasteiger partial charge in [0.25, 0.3) is 0 Å². The smallest absolute Gasteiger partial charge is 0.00670 e. The summed E-state index contributed by atoms with van der Waals surface area (Å²) in [5.41, 5.74) is 1.46. The number of hydrogen-bond acceptors (Lipinski definition) is 1. The van der Waals surface area contributed by atoms with Crippen LogP contribution in [0.5, 0.6) is 0 Å². The first-order valence-corrected chi connectivity index (χ1v) is 7.15. The van der Waals surface area contributed by atoms with Crippen molar-refractivity contribution >= 4 is 0 Å². The van der Waals surface area contributed by atoms with Gasteiger partial charge in [0, 0.05) is 6.04 Å². The molecule has 1 heteroatoms. The highest BCUT2D eigenvalue weighted by atomic mass is 14.9. The Morgan fingerprint density at radius 2 is 2.00 bits per heavy atom. The van der Waals surface area contributed by atoms with Crippen LogP contribution in [0.3, 0.4) is 0 Å². The molecule has 1 nitrogen and oxygen atoms in total. The zero-order chi connectivity index (χ0) is 11.9. The Labute approximate surface area is 106 Å². The molecule has 0 aromatic heterocycles. The molecule has 1 aromatic carbocycles. The van der Waals surface area contributed by atoms with Crippen molar-refractivity contribution in [1.82, 2.24) is 5.32 Å². The van der Waals surface area contributed by atoms with Crippen molar-refractivity contribution in [2.45, 2.75) is 51.5 Å². The maximum atomic E-state index is 3.71. The number of aryl methyl sites for hydroxylation is 1. The van der Waals surface area contributed by atoms with Gasteiger partial charge in [-0.1, -0.05) is 50.1 Å². The van der Waals surface area contributed by atoms with E-state index in [-0.39, 0.29) is 0 Å². The van der Waals surface area contributed by atoms with Gasteiger partial charge in [0.2, 0.25) is 0 Å². The van der Waals surface area contributed by atoms with Crippen LogP contribution in [0.25, 0.3) is 0 Å². The number of hydrogen-bond donors (Lipinski definition) is 1. The Hall–Kier alpha value is -0.820. The lowest BCUT2D eigenvalue weighted by atomic mass is 10.1. The summed E-state index contributed by atoms with van der Waals surface area (Å²) >= 11 is 0. The molecule has 1 fully saturated rings. The van der Waals surface area contributed by atoms with E-state index in [1.165, 1.54) is 50.6 Å². The molecular formula is C16H25N. The summed E-state index contributed by atoms with van der Waals surface area (Å²) in [5.74, 6) is 1.04. The number of benzene rings is 1. The fourth-order valence-corrected chi connectivity index (χ4v) is 2.39. The zero-order valence-electron chi connectivity index (χ0n) is 11.0. The molecule has 1 atom stereocenters. The van der Waals surface area contributed by atoms with Crippen LogP contribution in [-0.2, 0) is 6.42 Å². The molecule has 0 amide bonds. The normalized spacial score (nSPS) is 17.0. The van der Waals surface area contributed by atoms with Gasteiger partial charge < -0.3 is 5.32 Å². The van der Waals surface area contributed by atoms with E-state index in [9.17, 15) is 0 Å². The highest BCUT2D eigenvalue weighted by Gasteiger charge is 2.24. The fraction of sp³-hybridized carbons (Fsp3) is 0.625. The summed E-state index contributed by atoms with van der Waals surface area (Å²) in [6.07, 6.45) is 8.09. The predicted molar refractivity (Wildman–Crippen MR) is 74.2 cm³/mol. The van der Waals surface area contributed by atoms with Gasteiger partial charge in [-0.25, -0.2) is 0 Å². The van der Waals surface area contributed by atoms with Crippen molar-refractivity contribution in [1.29, 1.82) is 0 Å². The lowest BCUT2D eigenvalue weighted by Gasteiger charge is -2.16. The summed E-state index contributed by atoms with van der Waals surface area (Å²) in [5, 5.41) is 3.71. The molecule has 0 heterocycles. The molecule has 94 valence electrons. The molecule has 0 radical (unpaired) electrons. The van der Waals surface area contributed by atoms with Crippen LogP contribution in [-0.4, -0.2) is 12.6 Å². The van der Waals surface area contributed by atoms with Gasteiger partial charge in [0.15, 0.2) is 0 Å². The SMILES string of the molecule is CCC(CC1CC1)NCCCc1ccccc1. The molecule has 1 aliphatic carbocycles. The first-order chi connectivity index (χ1) is 8.38. The topological polar surface area (TPSA) is 12.0 Å². The average molecular weight is 231 g/mol. The molecule has 0 spiro atoms. The predicted octanol–water partition coefficient (Wildman–Crippen LogP) is 3.79. The largest absolute Gasteiger partial charge is 0.314 e. The Morgan fingerprint density at radius 1 is 1.24 bits per heavy atom. The van der Waals surface area contributed by atoms with Crippen molar-refractivity contribution < 1.29 is 0 Å². The van der Waals surface area contributed by atoms with Gasteiger partial charge in [0.1, 0.15) is 0 Å². The van der Waals surface area contributed by atoms with Gasteiger partial charge in [-0.15, -0.1) is 0 Å². The van der Waals surface area contributed by atoms with Crippen molar-refractivity contribution in [2.24, 2.45) is 5.92 Å². The lowest BCUT2D eigenvalue weighted by molar-refractivity contribution is 0.442. The van der Waals surface area contributed by atoms with Gasteiger partial charge >= 0.3 is 0 Å². The van der Waals surface area contributed by atoms with E-state index in [1.54, 1.807) is 0 Å². The van der Waals surface area contributed by atoms with Crippen LogP contribution in [0.2, 0.25) is 0 Å². The molecule has 17 heavy (non-hydrogen) atoms. The standard InChI is InChI=1S/C16H25N/c1-2-16(13-15-10-11-15)17-12-6-9-14-7-4-3-5-8-14/h3-5,7-8,15-17H,2,6,9-13H2,1H3. The number of nitrogens with one attached hydrogen (secondary N) is 1. The van der Waals surface area contributed by atoms with Crippen molar-refractivity contribution in [3.63, 3.8) is 0 Å². The highest BCUT2D eigenvalue weighted by molar-refractivity contribution is 5.14. The Morgan fingerprint density at radius 3 is 2.65 bits per heavy atom. The first-order valence-electron chi connectivity index (χ1n) is 7.15. The first kappa shape index (κ1) is 12.6. The summed E-state index contributed by atoms with van der Waals surface area (Å²) in [4.78, 5) is 0. The Balaban J connectivity index is 1.58. The van der Waals surface area contributed by atoms with Crippen molar-refractivity contribution in [3.05, 3.63) is 35.9 Å². The van der Waals surface area contributed by atoms with Crippen LogP contribution in [0.4, 0.5) is 0 Å². The second-order valence-corrected chi connectivity index (χ2v) is 5.33. The minimum absolute atomic E-state index is 0.762. The van der Waals surface area contributed by atoms with Crippen LogP contribution in [0, 0.1) is 5.92 Å². The lowest BCUT2D eigenvalue weighted by Crippen LogP contribution is -2.30. The Kier molecular flexibility index (Phi) is 5.06. The van der Waals surface area contributed by atoms with Gasteiger partial charge in [-0.05, 0) is 43.7 Å². The summed E-state index contributed by atoms with van der Waals surface area (Å²) in [7, 11) is 0. The molecule has 2 rings (SSSR count). The third kappa shape index (κ3) is 4.91. The van der Waals surface area contributed by atoms with Crippen LogP contribution < -0.4 is 5.32 Å².